The molecule has 0 aromatic carbocycles. The van der Waals surface area contributed by atoms with Gasteiger partial charge in [0.15, 0.2) is 0 Å². The fourth-order valence-corrected chi connectivity index (χ4v) is 3.04. The lowest BCUT2D eigenvalue weighted by molar-refractivity contribution is -0.142. The van der Waals surface area contributed by atoms with Crippen molar-refractivity contribution >= 4 is 17.4 Å². The molecule has 1 unspecified atom stereocenters. The maximum Gasteiger partial charge on any atom is 0.392 e. The molecule has 7 nitrogen and oxygen atoms in total. The normalized spacial score (nSPS) is 15.1. The summed E-state index contributed by atoms with van der Waals surface area (Å²) in [6.07, 6.45) is 0.871. The minimum Gasteiger partial charge on any atom is -0.478 e. The standard InChI is InChI=1S/C20H27ClF3N5O2.C2H6/c1-4-5-17(27-13(2)14-6-8-25-18(11-14)28-29-30-3)15-10-16(21)19(26-12-15)31-9-7-20(22,23)24;1-2/h5-6,8,10-11,13,26-27,29H,4,7,9,12H2,1-3H3,(H,25,28);1-2H3/b17-5+;. The predicted octanol–water partition coefficient (Wildman–Crippen LogP) is 5.44. The number of ether oxygens (including phenoxy) is 1. The molecule has 1 atom stereocenters. The summed E-state index contributed by atoms with van der Waals surface area (Å²) in [7, 11) is 1.49. The highest BCUT2D eigenvalue weighted by molar-refractivity contribution is 6.31. The molecule has 2 heterocycles. The van der Waals surface area contributed by atoms with Crippen molar-refractivity contribution in [3.63, 3.8) is 0 Å². The zero-order chi connectivity index (χ0) is 24.9. The van der Waals surface area contributed by atoms with Gasteiger partial charge in [-0.1, -0.05) is 38.4 Å². The summed E-state index contributed by atoms with van der Waals surface area (Å²) >= 11 is 6.24. The second kappa shape index (κ2) is 14.7. The largest absolute Gasteiger partial charge is 0.478 e. The van der Waals surface area contributed by atoms with E-state index in [0.717, 1.165) is 23.3 Å². The molecule has 1 aromatic rings. The van der Waals surface area contributed by atoms with Gasteiger partial charge in [0.1, 0.15) is 10.9 Å². The van der Waals surface area contributed by atoms with Crippen molar-refractivity contribution in [2.45, 2.75) is 52.8 Å². The van der Waals surface area contributed by atoms with Crippen molar-refractivity contribution in [3.05, 3.63) is 58.2 Å². The predicted molar refractivity (Wildman–Crippen MR) is 125 cm³/mol. The Kier molecular flexibility index (Phi) is 12.7. The SMILES string of the molecule is CC.CC/C=C(/NC(C)c1ccnc(NNOC)c1)C1=CC(Cl)=C(OCCC(F)(F)F)NC1. The van der Waals surface area contributed by atoms with Crippen LogP contribution >= 0.6 is 11.6 Å². The maximum absolute atomic E-state index is 12.3. The number of nitrogens with zero attached hydrogens (tertiary/aromatic N) is 1. The number of dihydropyridines is 1. The number of pyridine rings is 1. The van der Waals surface area contributed by atoms with Crippen LogP contribution in [0.2, 0.25) is 0 Å². The highest BCUT2D eigenvalue weighted by Crippen LogP contribution is 2.25. The van der Waals surface area contributed by atoms with Crippen molar-refractivity contribution in [2.75, 3.05) is 25.7 Å². The topological polar surface area (TPSA) is 79.5 Å². The Hall–Kier alpha value is -2.43. The summed E-state index contributed by atoms with van der Waals surface area (Å²) in [6.45, 7) is 7.89. The average molecular weight is 492 g/mol. The van der Waals surface area contributed by atoms with Crippen LogP contribution < -0.4 is 21.6 Å². The molecule has 0 saturated heterocycles. The van der Waals surface area contributed by atoms with E-state index in [-0.39, 0.29) is 17.0 Å². The Morgan fingerprint density at radius 1 is 1.36 bits per heavy atom. The van der Waals surface area contributed by atoms with E-state index in [2.05, 4.69) is 26.6 Å². The average Bonchev–Trinajstić information content (AvgIpc) is 2.79. The molecular weight excluding hydrogens is 459 g/mol. The second-order valence-corrected chi connectivity index (χ2v) is 7.12. The van der Waals surface area contributed by atoms with Gasteiger partial charge in [0.05, 0.1) is 20.1 Å². The van der Waals surface area contributed by atoms with Crippen LogP contribution in [0.3, 0.4) is 0 Å². The van der Waals surface area contributed by atoms with Crippen LogP contribution in [0, 0.1) is 0 Å². The highest BCUT2D eigenvalue weighted by Gasteiger charge is 2.27. The fourth-order valence-electron chi connectivity index (χ4n) is 2.78. The first-order valence-corrected chi connectivity index (χ1v) is 11.1. The Bertz CT molecular complexity index is 828. The first-order chi connectivity index (χ1) is 15.7. The minimum absolute atomic E-state index is 0.0583. The third kappa shape index (κ3) is 10.4. The number of rotatable bonds is 11. The molecule has 33 heavy (non-hydrogen) atoms. The number of hydrogen-bond acceptors (Lipinski definition) is 7. The Morgan fingerprint density at radius 3 is 2.70 bits per heavy atom. The van der Waals surface area contributed by atoms with Gasteiger partial charge in [0, 0.05) is 24.5 Å². The van der Waals surface area contributed by atoms with Gasteiger partial charge in [-0.15, -0.1) is 5.59 Å². The summed E-state index contributed by atoms with van der Waals surface area (Å²) in [5, 5.41) is 6.64. The smallest absolute Gasteiger partial charge is 0.392 e. The van der Waals surface area contributed by atoms with Gasteiger partial charge in [0.25, 0.3) is 0 Å². The van der Waals surface area contributed by atoms with Crippen molar-refractivity contribution in [1.82, 2.24) is 21.2 Å². The van der Waals surface area contributed by atoms with E-state index in [1.807, 2.05) is 45.9 Å². The van der Waals surface area contributed by atoms with Gasteiger partial charge in [0.2, 0.25) is 5.88 Å². The summed E-state index contributed by atoms with van der Waals surface area (Å²) in [5.74, 6) is 0.744. The summed E-state index contributed by atoms with van der Waals surface area (Å²) in [4.78, 5) is 8.96. The van der Waals surface area contributed by atoms with E-state index in [9.17, 15) is 13.2 Å². The van der Waals surface area contributed by atoms with Gasteiger partial charge >= 0.3 is 6.18 Å². The van der Waals surface area contributed by atoms with Crippen LogP contribution in [0.5, 0.6) is 0 Å². The first kappa shape index (κ1) is 28.6. The number of alkyl halides is 3. The molecule has 2 rings (SSSR count). The van der Waals surface area contributed by atoms with E-state index < -0.39 is 19.2 Å². The molecule has 1 aliphatic heterocycles. The third-order valence-electron chi connectivity index (χ3n) is 4.28. The summed E-state index contributed by atoms with van der Waals surface area (Å²) < 4.78 is 42.1. The van der Waals surface area contributed by atoms with Crippen molar-refractivity contribution in [2.24, 2.45) is 0 Å². The zero-order valence-corrected chi connectivity index (χ0v) is 20.3. The lowest BCUT2D eigenvalue weighted by Gasteiger charge is -2.25. The lowest BCUT2D eigenvalue weighted by atomic mass is 10.1. The molecule has 0 fully saturated rings. The molecule has 11 heteroatoms. The molecule has 0 bridgehead atoms. The quantitative estimate of drug-likeness (QED) is 0.307. The van der Waals surface area contributed by atoms with E-state index in [0.29, 0.717) is 12.4 Å². The fraction of sp³-hybridized carbons (Fsp3) is 0.500. The van der Waals surface area contributed by atoms with Crippen LogP contribution in [0.4, 0.5) is 19.0 Å². The molecule has 1 aromatic heterocycles. The molecule has 0 amide bonds. The van der Waals surface area contributed by atoms with Crippen molar-refractivity contribution in [1.29, 1.82) is 0 Å². The van der Waals surface area contributed by atoms with Crippen molar-refractivity contribution < 1.29 is 22.7 Å². The second-order valence-electron chi connectivity index (χ2n) is 6.71. The number of aromatic nitrogens is 1. The first-order valence-electron chi connectivity index (χ1n) is 10.7. The highest BCUT2D eigenvalue weighted by atomic mass is 35.5. The molecule has 0 radical (unpaired) electrons. The number of hydrogen-bond donors (Lipinski definition) is 4. The van der Waals surface area contributed by atoms with E-state index in [4.69, 9.17) is 21.2 Å². The van der Waals surface area contributed by atoms with Crippen LogP contribution in [0.1, 0.15) is 52.1 Å². The van der Waals surface area contributed by atoms with Gasteiger partial charge in [-0.3, -0.25) is 10.3 Å². The van der Waals surface area contributed by atoms with Crippen LogP contribution in [0.15, 0.2) is 52.7 Å². The van der Waals surface area contributed by atoms with Gasteiger partial charge in [-0.2, -0.15) is 13.2 Å². The van der Waals surface area contributed by atoms with Crippen LogP contribution in [-0.4, -0.2) is 31.4 Å². The lowest BCUT2D eigenvalue weighted by Crippen LogP contribution is -2.29. The molecule has 0 aliphatic carbocycles. The summed E-state index contributed by atoms with van der Waals surface area (Å²) in [5.41, 5.74) is 8.06. The Morgan fingerprint density at radius 2 is 2.09 bits per heavy atom. The molecule has 4 N–H and O–H groups in total. The monoisotopic (exact) mass is 491 g/mol. The number of allylic oxidation sites excluding steroid dienone is 3. The maximum atomic E-state index is 12.3. The molecule has 0 saturated carbocycles. The number of nitrogens with one attached hydrogen (secondary N) is 4. The zero-order valence-electron chi connectivity index (χ0n) is 19.6. The Balaban J connectivity index is 0.00000265. The van der Waals surface area contributed by atoms with Gasteiger partial charge in [-0.25, -0.2) is 4.98 Å². The number of halogens is 4. The molecular formula is C22H33ClF3N5O2. The van der Waals surface area contributed by atoms with E-state index >= 15 is 0 Å². The third-order valence-corrected chi connectivity index (χ3v) is 4.56. The van der Waals surface area contributed by atoms with Crippen LogP contribution in [0.25, 0.3) is 0 Å². The van der Waals surface area contributed by atoms with E-state index in [1.165, 1.54) is 7.11 Å². The number of hydrazine groups is 1. The summed E-state index contributed by atoms with van der Waals surface area (Å²) in [6, 6.07) is 3.71. The van der Waals surface area contributed by atoms with Crippen LogP contribution in [-0.2, 0) is 9.57 Å². The molecule has 186 valence electrons. The van der Waals surface area contributed by atoms with Gasteiger partial charge in [-0.05, 0) is 42.7 Å². The van der Waals surface area contributed by atoms with E-state index in [1.54, 1.807) is 12.3 Å². The Labute approximate surface area is 198 Å². The number of anilines is 1. The van der Waals surface area contributed by atoms with Gasteiger partial charge < -0.3 is 15.4 Å². The molecule has 1 aliphatic rings. The van der Waals surface area contributed by atoms with Crippen molar-refractivity contribution in [3.8, 4) is 0 Å². The molecule has 0 spiro atoms. The minimum atomic E-state index is -4.28.